The summed E-state index contributed by atoms with van der Waals surface area (Å²) in [7, 11) is -0.926. The molecule has 0 radical (unpaired) electrons. The molecular weight excluding hydrogens is 250 g/mol. The maximum absolute atomic E-state index is 11.3. The molecule has 0 spiro atoms. The number of benzene rings is 1. The summed E-state index contributed by atoms with van der Waals surface area (Å²) in [4.78, 5) is 3.95. The quantitative estimate of drug-likeness (QED) is 0.838. The fraction of sp³-hybridized carbons (Fsp3) is 0.111. The predicted octanol–water partition coefficient (Wildman–Crippen LogP) is 2.67. The Labute approximate surface area is 86.9 Å². The highest BCUT2D eigenvalue weighted by atomic mass is 79.9. The van der Waals surface area contributed by atoms with E-state index in [0.29, 0.717) is 0 Å². The van der Waals surface area contributed by atoms with E-state index in [1.807, 2.05) is 18.2 Å². The standard InChI is InChI=1S/C9H8BrNOS/c1-13(12)9-5-11-8-4-6(10)2-3-7(8)9/h2-5,11H,1H3. The Morgan fingerprint density at radius 1 is 1.46 bits per heavy atom. The number of nitrogens with one attached hydrogen (secondary N) is 1. The highest BCUT2D eigenvalue weighted by molar-refractivity contribution is 9.10. The van der Waals surface area contributed by atoms with Gasteiger partial charge in [-0.05, 0) is 12.1 Å². The number of aromatic nitrogens is 1. The number of hydrogen-bond donors (Lipinski definition) is 1. The number of halogens is 1. The predicted molar refractivity (Wildman–Crippen MR) is 58.3 cm³/mol. The average molecular weight is 258 g/mol. The van der Waals surface area contributed by atoms with Crippen LogP contribution < -0.4 is 0 Å². The number of rotatable bonds is 1. The largest absolute Gasteiger partial charge is 0.360 e. The van der Waals surface area contributed by atoms with Crippen LogP contribution in [0.1, 0.15) is 0 Å². The second-order valence-corrected chi connectivity index (χ2v) is 5.06. The van der Waals surface area contributed by atoms with E-state index in [4.69, 9.17) is 0 Å². The zero-order chi connectivity index (χ0) is 9.42. The molecule has 2 nitrogen and oxygen atoms in total. The van der Waals surface area contributed by atoms with Crippen LogP contribution in [0.4, 0.5) is 0 Å². The SMILES string of the molecule is CS(=O)c1c[nH]c2cc(Br)ccc12. The Morgan fingerprint density at radius 2 is 2.23 bits per heavy atom. The van der Waals surface area contributed by atoms with Crippen molar-refractivity contribution in [2.24, 2.45) is 0 Å². The number of H-pyrrole nitrogens is 1. The average Bonchev–Trinajstić information content (AvgIpc) is 2.46. The highest BCUT2D eigenvalue weighted by Gasteiger charge is 2.05. The van der Waals surface area contributed by atoms with Gasteiger partial charge in [0.25, 0.3) is 0 Å². The molecule has 0 saturated heterocycles. The van der Waals surface area contributed by atoms with E-state index in [1.54, 1.807) is 12.5 Å². The van der Waals surface area contributed by atoms with Gasteiger partial charge in [0.1, 0.15) is 0 Å². The Balaban J connectivity index is 2.76. The van der Waals surface area contributed by atoms with E-state index in [0.717, 1.165) is 20.3 Å². The third kappa shape index (κ3) is 1.56. The summed E-state index contributed by atoms with van der Waals surface area (Å²) in [6, 6.07) is 5.89. The summed E-state index contributed by atoms with van der Waals surface area (Å²) >= 11 is 3.38. The second kappa shape index (κ2) is 3.27. The smallest absolute Gasteiger partial charge is 0.0638 e. The summed E-state index contributed by atoms with van der Waals surface area (Å²) in [5, 5.41) is 1.03. The second-order valence-electron chi connectivity index (χ2n) is 2.80. The molecule has 2 aromatic rings. The van der Waals surface area contributed by atoms with Crippen LogP contribution in [0.5, 0.6) is 0 Å². The fourth-order valence-electron chi connectivity index (χ4n) is 1.31. The minimum Gasteiger partial charge on any atom is -0.360 e. The van der Waals surface area contributed by atoms with E-state index in [-0.39, 0.29) is 0 Å². The van der Waals surface area contributed by atoms with Gasteiger partial charge >= 0.3 is 0 Å². The number of hydrogen-bond acceptors (Lipinski definition) is 1. The van der Waals surface area contributed by atoms with Crippen molar-refractivity contribution in [3.05, 3.63) is 28.9 Å². The van der Waals surface area contributed by atoms with E-state index in [9.17, 15) is 4.21 Å². The molecule has 1 N–H and O–H groups in total. The first-order valence-electron chi connectivity index (χ1n) is 3.78. The van der Waals surface area contributed by atoms with Crippen molar-refractivity contribution in [3.63, 3.8) is 0 Å². The molecule has 1 unspecified atom stereocenters. The van der Waals surface area contributed by atoms with Gasteiger partial charge in [-0.15, -0.1) is 0 Å². The maximum atomic E-state index is 11.3. The van der Waals surface area contributed by atoms with E-state index in [1.165, 1.54) is 0 Å². The first-order chi connectivity index (χ1) is 6.18. The molecule has 0 fully saturated rings. The zero-order valence-electron chi connectivity index (χ0n) is 7.00. The lowest BCUT2D eigenvalue weighted by molar-refractivity contribution is 0.687. The van der Waals surface area contributed by atoms with Gasteiger partial charge in [-0.2, -0.15) is 0 Å². The van der Waals surface area contributed by atoms with E-state index >= 15 is 0 Å². The van der Waals surface area contributed by atoms with Crippen molar-refractivity contribution >= 4 is 37.6 Å². The minimum absolute atomic E-state index is 0.863. The molecule has 0 bridgehead atoms. The van der Waals surface area contributed by atoms with Gasteiger partial charge in [0.15, 0.2) is 0 Å². The van der Waals surface area contributed by atoms with Gasteiger partial charge in [0, 0.05) is 27.8 Å². The van der Waals surface area contributed by atoms with Gasteiger partial charge in [-0.25, -0.2) is 0 Å². The van der Waals surface area contributed by atoms with Crippen LogP contribution in [-0.2, 0) is 10.8 Å². The lowest BCUT2D eigenvalue weighted by Crippen LogP contribution is -1.83. The Bertz CT molecular complexity index is 477. The van der Waals surface area contributed by atoms with Crippen molar-refractivity contribution in [3.8, 4) is 0 Å². The minimum atomic E-state index is -0.926. The molecule has 0 aliphatic heterocycles. The molecule has 0 aliphatic rings. The summed E-state index contributed by atoms with van der Waals surface area (Å²) in [6.45, 7) is 0. The van der Waals surface area contributed by atoms with Gasteiger partial charge in [0.2, 0.25) is 0 Å². The Morgan fingerprint density at radius 3 is 2.92 bits per heavy atom. The van der Waals surface area contributed by atoms with Crippen LogP contribution in [0.25, 0.3) is 10.9 Å². The molecule has 2 rings (SSSR count). The third-order valence-corrected chi connectivity index (χ3v) is 3.37. The summed E-state index contributed by atoms with van der Waals surface area (Å²) in [5.41, 5.74) is 1.01. The van der Waals surface area contributed by atoms with Crippen LogP contribution in [0, 0.1) is 0 Å². The van der Waals surface area contributed by atoms with E-state index in [2.05, 4.69) is 20.9 Å². The van der Waals surface area contributed by atoms with Crippen molar-refractivity contribution in [2.45, 2.75) is 4.90 Å². The molecule has 0 amide bonds. The molecule has 4 heteroatoms. The lowest BCUT2D eigenvalue weighted by Gasteiger charge is -1.93. The third-order valence-electron chi connectivity index (χ3n) is 1.92. The molecule has 0 aliphatic carbocycles. The van der Waals surface area contributed by atoms with Crippen LogP contribution >= 0.6 is 15.9 Å². The molecule has 68 valence electrons. The normalized spacial score (nSPS) is 13.4. The van der Waals surface area contributed by atoms with Crippen molar-refractivity contribution in [1.29, 1.82) is 0 Å². The molecular formula is C9H8BrNOS. The summed E-state index contributed by atoms with van der Waals surface area (Å²) in [6.07, 6.45) is 3.48. The molecule has 0 saturated carbocycles. The van der Waals surface area contributed by atoms with Crippen LogP contribution in [-0.4, -0.2) is 15.4 Å². The van der Waals surface area contributed by atoms with E-state index < -0.39 is 10.8 Å². The Hall–Kier alpha value is -0.610. The molecule has 1 aromatic heterocycles. The van der Waals surface area contributed by atoms with Crippen LogP contribution in [0.2, 0.25) is 0 Å². The zero-order valence-corrected chi connectivity index (χ0v) is 9.41. The van der Waals surface area contributed by atoms with Gasteiger partial charge in [-0.3, -0.25) is 4.21 Å². The van der Waals surface area contributed by atoms with Crippen molar-refractivity contribution in [1.82, 2.24) is 4.98 Å². The topological polar surface area (TPSA) is 32.9 Å². The first kappa shape index (κ1) is 8.97. The van der Waals surface area contributed by atoms with Crippen LogP contribution in [0.15, 0.2) is 33.8 Å². The monoisotopic (exact) mass is 257 g/mol. The lowest BCUT2D eigenvalue weighted by atomic mass is 10.2. The van der Waals surface area contributed by atoms with Gasteiger partial charge < -0.3 is 4.98 Å². The molecule has 1 aromatic carbocycles. The molecule has 13 heavy (non-hydrogen) atoms. The van der Waals surface area contributed by atoms with Crippen molar-refractivity contribution < 1.29 is 4.21 Å². The highest BCUT2D eigenvalue weighted by Crippen LogP contribution is 2.23. The maximum Gasteiger partial charge on any atom is 0.0638 e. The first-order valence-corrected chi connectivity index (χ1v) is 6.13. The Kier molecular flexibility index (Phi) is 2.26. The van der Waals surface area contributed by atoms with Crippen molar-refractivity contribution in [2.75, 3.05) is 6.26 Å². The summed E-state index contributed by atoms with van der Waals surface area (Å²) in [5.74, 6) is 0. The van der Waals surface area contributed by atoms with Gasteiger partial charge in [-0.1, -0.05) is 22.0 Å². The molecule has 1 heterocycles. The fourth-order valence-corrected chi connectivity index (χ4v) is 2.38. The summed E-state index contributed by atoms with van der Waals surface area (Å²) < 4.78 is 12.3. The number of aromatic amines is 1. The van der Waals surface area contributed by atoms with Crippen LogP contribution in [0.3, 0.4) is 0 Å². The number of fused-ring (bicyclic) bond motifs is 1. The molecule has 1 atom stereocenters. The van der Waals surface area contributed by atoms with Gasteiger partial charge in [0.05, 0.1) is 15.7 Å².